The third kappa shape index (κ3) is 3.18. The van der Waals surface area contributed by atoms with Crippen molar-refractivity contribution in [2.75, 3.05) is 0 Å². The number of nitrogens with one attached hydrogen (secondary N) is 2. The molecule has 0 radical (unpaired) electrons. The lowest BCUT2D eigenvalue weighted by Crippen LogP contribution is -2.30. The van der Waals surface area contributed by atoms with Gasteiger partial charge in [0.2, 0.25) is 5.91 Å². The first kappa shape index (κ1) is 10.2. The number of aromatic nitrogens is 2. The minimum atomic E-state index is -0.101. The van der Waals surface area contributed by atoms with Crippen LogP contribution in [0.25, 0.3) is 0 Å². The molecule has 1 aromatic heterocycles. The van der Waals surface area contributed by atoms with E-state index in [1.807, 2.05) is 13.0 Å². The Kier molecular flexibility index (Phi) is 3.95. The fourth-order valence-corrected chi connectivity index (χ4v) is 1.02. The fourth-order valence-electron chi connectivity index (χ4n) is 0.862. The Morgan fingerprint density at radius 3 is 3.15 bits per heavy atom. The molecule has 4 nitrogen and oxygen atoms in total. The lowest BCUT2D eigenvalue weighted by Gasteiger charge is -2.06. The highest BCUT2D eigenvalue weighted by molar-refractivity contribution is 9.10. The van der Waals surface area contributed by atoms with Crippen LogP contribution in [0.15, 0.2) is 12.3 Å². The smallest absolute Gasteiger partial charge is 0.234 e. The number of amides is 1. The maximum absolute atomic E-state index is 11.3. The largest absolute Gasteiger partial charge is 0.350 e. The van der Waals surface area contributed by atoms with Crippen LogP contribution in [0.1, 0.15) is 19.0 Å². The molecule has 72 valence electrons. The second-order valence-corrected chi connectivity index (χ2v) is 3.78. The number of carbonyl (C=O) groups is 1. The van der Waals surface area contributed by atoms with Crippen molar-refractivity contribution in [3.63, 3.8) is 0 Å². The summed E-state index contributed by atoms with van der Waals surface area (Å²) in [5.74, 6) is 0.0112. The van der Waals surface area contributed by atoms with E-state index in [0.717, 1.165) is 12.1 Å². The van der Waals surface area contributed by atoms with Gasteiger partial charge >= 0.3 is 0 Å². The molecular weight excluding hydrogens is 234 g/mol. The van der Waals surface area contributed by atoms with Gasteiger partial charge in [0.15, 0.2) is 0 Å². The van der Waals surface area contributed by atoms with E-state index in [9.17, 15) is 4.79 Å². The summed E-state index contributed by atoms with van der Waals surface area (Å²) in [6.45, 7) is 2.45. The summed E-state index contributed by atoms with van der Waals surface area (Å²) in [4.78, 5) is 11.2. The highest BCUT2D eigenvalue weighted by atomic mass is 79.9. The van der Waals surface area contributed by atoms with Crippen LogP contribution in [-0.4, -0.2) is 20.9 Å². The average Bonchev–Trinajstić information content (AvgIpc) is 2.65. The second-order valence-electron chi connectivity index (χ2n) is 2.68. The van der Waals surface area contributed by atoms with E-state index in [1.165, 1.54) is 0 Å². The lowest BCUT2D eigenvalue weighted by molar-refractivity contribution is -0.120. The molecule has 13 heavy (non-hydrogen) atoms. The molecule has 1 heterocycles. The van der Waals surface area contributed by atoms with Crippen LogP contribution >= 0.6 is 15.9 Å². The lowest BCUT2D eigenvalue weighted by atomic mass is 10.3. The maximum atomic E-state index is 11.3. The minimum absolute atomic E-state index is 0.0112. The second kappa shape index (κ2) is 5.01. The van der Waals surface area contributed by atoms with Gasteiger partial charge in [0.1, 0.15) is 0 Å². The molecule has 1 unspecified atom stereocenters. The molecule has 1 amide bonds. The summed E-state index contributed by atoms with van der Waals surface area (Å²) in [6.07, 6.45) is 2.45. The van der Waals surface area contributed by atoms with Crippen molar-refractivity contribution in [1.29, 1.82) is 0 Å². The highest BCUT2D eigenvalue weighted by Gasteiger charge is 2.11. The molecule has 1 atom stereocenters. The van der Waals surface area contributed by atoms with Crippen LogP contribution in [0.4, 0.5) is 0 Å². The fraction of sp³-hybridized carbons (Fsp3) is 0.500. The highest BCUT2D eigenvalue weighted by Crippen LogP contribution is 2.04. The van der Waals surface area contributed by atoms with Gasteiger partial charge in [0.25, 0.3) is 0 Å². The normalized spacial score (nSPS) is 12.5. The summed E-state index contributed by atoms with van der Waals surface area (Å²) in [5, 5.41) is 9.33. The Labute approximate surface area is 85.2 Å². The summed E-state index contributed by atoms with van der Waals surface area (Å²) < 4.78 is 0. The zero-order chi connectivity index (χ0) is 9.68. The first-order valence-electron chi connectivity index (χ1n) is 4.14. The zero-order valence-electron chi connectivity index (χ0n) is 7.38. The number of hydrogen-bond donors (Lipinski definition) is 2. The van der Waals surface area contributed by atoms with Gasteiger partial charge in [-0.1, -0.05) is 22.9 Å². The van der Waals surface area contributed by atoms with Crippen LogP contribution in [0, 0.1) is 0 Å². The van der Waals surface area contributed by atoms with Gasteiger partial charge in [-0.15, -0.1) is 0 Å². The Balaban J connectivity index is 2.31. The number of carbonyl (C=O) groups excluding carboxylic acids is 1. The molecule has 2 N–H and O–H groups in total. The molecule has 0 bridgehead atoms. The molecule has 0 aliphatic rings. The number of rotatable bonds is 4. The van der Waals surface area contributed by atoms with Crippen molar-refractivity contribution in [2.24, 2.45) is 0 Å². The van der Waals surface area contributed by atoms with Crippen LogP contribution in [0.2, 0.25) is 0 Å². The molecular formula is C8H12BrN3O. The molecule has 0 aromatic carbocycles. The summed E-state index contributed by atoms with van der Waals surface area (Å²) in [6, 6.07) is 1.83. The van der Waals surface area contributed by atoms with E-state index in [0.29, 0.717) is 6.54 Å². The van der Waals surface area contributed by atoms with Gasteiger partial charge in [-0.05, 0) is 12.5 Å². The quantitative estimate of drug-likeness (QED) is 0.784. The van der Waals surface area contributed by atoms with Crippen molar-refractivity contribution in [3.8, 4) is 0 Å². The van der Waals surface area contributed by atoms with Gasteiger partial charge in [0.05, 0.1) is 17.1 Å². The van der Waals surface area contributed by atoms with E-state index in [-0.39, 0.29) is 10.7 Å². The number of H-pyrrole nitrogens is 1. The van der Waals surface area contributed by atoms with Crippen molar-refractivity contribution >= 4 is 21.8 Å². The van der Waals surface area contributed by atoms with Gasteiger partial charge in [-0.2, -0.15) is 5.10 Å². The summed E-state index contributed by atoms with van der Waals surface area (Å²) in [5.41, 5.74) is 0.907. The van der Waals surface area contributed by atoms with Crippen molar-refractivity contribution in [3.05, 3.63) is 18.0 Å². The van der Waals surface area contributed by atoms with Crippen LogP contribution in [-0.2, 0) is 11.3 Å². The SMILES string of the molecule is CCC(Br)C(=O)NCc1ccn[nH]1. The van der Waals surface area contributed by atoms with E-state index < -0.39 is 0 Å². The minimum Gasteiger partial charge on any atom is -0.350 e. The zero-order valence-corrected chi connectivity index (χ0v) is 8.97. The monoisotopic (exact) mass is 245 g/mol. The molecule has 1 aromatic rings. The molecule has 0 spiro atoms. The van der Waals surface area contributed by atoms with Gasteiger partial charge in [0, 0.05) is 6.20 Å². The van der Waals surface area contributed by atoms with Gasteiger partial charge in [-0.3, -0.25) is 9.89 Å². The molecule has 5 heteroatoms. The Morgan fingerprint density at radius 1 is 1.85 bits per heavy atom. The number of alkyl halides is 1. The summed E-state index contributed by atoms with van der Waals surface area (Å²) >= 11 is 3.27. The predicted octanol–water partition coefficient (Wildman–Crippen LogP) is 1.20. The number of halogens is 1. The maximum Gasteiger partial charge on any atom is 0.234 e. The van der Waals surface area contributed by atoms with E-state index in [1.54, 1.807) is 6.20 Å². The standard InChI is InChI=1S/C8H12BrN3O/c1-2-7(9)8(13)10-5-6-3-4-11-12-6/h3-4,7H,2,5H2,1H3,(H,10,13)(H,11,12). The van der Waals surface area contributed by atoms with E-state index in [4.69, 9.17) is 0 Å². The van der Waals surface area contributed by atoms with Crippen molar-refractivity contribution in [1.82, 2.24) is 15.5 Å². The first-order valence-corrected chi connectivity index (χ1v) is 5.05. The molecule has 0 aliphatic heterocycles. The Hall–Kier alpha value is -0.840. The molecule has 1 rings (SSSR count). The van der Waals surface area contributed by atoms with Crippen molar-refractivity contribution < 1.29 is 4.79 Å². The average molecular weight is 246 g/mol. The third-order valence-corrected chi connectivity index (χ3v) is 2.72. The molecule has 0 saturated heterocycles. The van der Waals surface area contributed by atoms with Gasteiger partial charge < -0.3 is 5.32 Å². The molecule has 0 fully saturated rings. The first-order chi connectivity index (χ1) is 6.24. The Bertz CT molecular complexity index is 260. The number of aromatic amines is 1. The predicted molar refractivity (Wildman–Crippen MR) is 53.4 cm³/mol. The topological polar surface area (TPSA) is 57.8 Å². The van der Waals surface area contributed by atoms with Crippen LogP contribution in [0.5, 0.6) is 0 Å². The summed E-state index contributed by atoms with van der Waals surface area (Å²) in [7, 11) is 0. The Morgan fingerprint density at radius 2 is 2.62 bits per heavy atom. The molecule has 0 saturated carbocycles. The molecule has 0 aliphatic carbocycles. The van der Waals surface area contributed by atoms with E-state index in [2.05, 4.69) is 31.4 Å². The number of hydrogen-bond acceptors (Lipinski definition) is 2. The number of nitrogens with zero attached hydrogens (tertiary/aromatic N) is 1. The van der Waals surface area contributed by atoms with Crippen LogP contribution < -0.4 is 5.32 Å². The van der Waals surface area contributed by atoms with E-state index >= 15 is 0 Å². The third-order valence-electron chi connectivity index (χ3n) is 1.65. The van der Waals surface area contributed by atoms with Crippen molar-refractivity contribution in [2.45, 2.75) is 24.7 Å². The van der Waals surface area contributed by atoms with Crippen LogP contribution in [0.3, 0.4) is 0 Å². The van der Waals surface area contributed by atoms with Gasteiger partial charge in [-0.25, -0.2) is 0 Å².